The molecule has 0 radical (unpaired) electrons. The maximum atomic E-state index is 11.6. The first-order valence-electron chi connectivity index (χ1n) is 10.7. The maximum Gasteiger partial charge on any atom is 0.305 e. The molecule has 1 aliphatic heterocycles. The van der Waals surface area contributed by atoms with Crippen molar-refractivity contribution in [3.8, 4) is 0 Å². The molecule has 1 saturated carbocycles. The van der Waals surface area contributed by atoms with E-state index < -0.39 is 0 Å². The zero-order chi connectivity index (χ0) is 20.4. The number of rotatable bonds is 11. The van der Waals surface area contributed by atoms with Crippen LogP contribution in [-0.4, -0.2) is 55.9 Å². The number of carbonyl (C=O) groups is 2. The molecule has 7 nitrogen and oxygen atoms in total. The van der Waals surface area contributed by atoms with Crippen molar-refractivity contribution in [2.24, 2.45) is 11.8 Å². The van der Waals surface area contributed by atoms with Crippen molar-refractivity contribution >= 4 is 11.9 Å². The van der Waals surface area contributed by atoms with Gasteiger partial charge in [0.1, 0.15) is 6.10 Å². The Kier molecular flexibility index (Phi) is 10.2. The molecule has 0 amide bonds. The summed E-state index contributed by atoms with van der Waals surface area (Å²) in [4.78, 5) is 22.7. The number of carbonyl (C=O) groups excluding carboxylic acids is 2. The Morgan fingerprint density at radius 2 is 1.86 bits per heavy atom. The normalized spacial score (nSPS) is 30.2. The lowest BCUT2D eigenvalue weighted by Gasteiger charge is -2.29. The van der Waals surface area contributed by atoms with Gasteiger partial charge in [0.15, 0.2) is 6.29 Å². The summed E-state index contributed by atoms with van der Waals surface area (Å²) < 4.78 is 22.1. The number of hydrogen-bond donors (Lipinski definition) is 1. The van der Waals surface area contributed by atoms with E-state index in [0.717, 1.165) is 51.4 Å². The minimum atomic E-state index is -0.292. The van der Waals surface area contributed by atoms with Crippen LogP contribution in [0.5, 0.6) is 0 Å². The van der Waals surface area contributed by atoms with E-state index in [-0.39, 0.29) is 48.9 Å². The molecule has 1 saturated heterocycles. The van der Waals surface area contributed by atoms with Gasteiger partial charge in [-0.2, -0.15) is 0 Å². The molecule has 28 heavy (non-hydrogen) atoms. The van der Waals surface area contributed by atoms with Crippen LogP contribution < -0.4 is 0 Å². The van der Waals surface area contributed by atoms with Crippen LogP contribution in [0.1, 0.15) is 71.1 Å². The highest BCUT2D eigenvalue weighted by Crippen LogP contribution is 2.40. The van der Waals surface area contributed by atoms with Gasteiger partial charge in [0, 0.05) is 44.8 Å². The molecule has 0 aromatic rings. The molecule has 1 aliphatic carbocycles. The van der Waals surface area contributed by atoms with E-state index in [1.807, 2.05) is 0 Å². The lowest BCUT2D eigenvalue weighted by atomic mass is 9.89. The average Bonchev–Trinajstić information content (AvgIpc) is 3.00. The Morgan fingerprint density at radius 1 is 1.07 bits per heavy atom. The molecule has 1 N–H and O–H groups in total. The molecular formula is C21H36O7. The van der Waals surface area contributed by atoms with E-state index in [4.69, 9.17) is 14.2 Å². The summed E-state index contributed by atoms with van der Waals surface area (Å²) in [5, 5.41) is 10.0. The average molecular weight is 401 g/mol. The van der Waals surface area contributed by atoms with Crippen molar-refractivity contribution in [3.63, 3.8) is 0 Å². The molecule has 7 heteroatoms. The molecule has 0 aromatic carbocycles. The van der Waals surface area contributed by atoms with E-state index in [9.17, 15) is 14.7 Å². The largest absolute Gasteiger partial charge is 0.469 e. The molecule has 5 atom stereocenters. The van der Waals surface area contributed by atoms with Gasteiger partial charge < -0.3 is 24.1 Å². The predicted octanol–water partition coefficient (Wildman–Crippen LogP) is 2.97. The topological polar surface area (TPSA) is 91.3 Å². The third-order valence-electron chi connectivity index (χ3n) is 5.86. The van der Waals surface area contributed by atoms with E-state index in [1.165, 1.54) is 14.0 Å². The molecule has 0 aromatic heterocycles. The highest BCUT2D eigenvalue weighted by molar-refractivity contribution is 5.69. The minimum absolute atomic E-state index is 0.0160. The van der Waals surface area contributed by atoms with E-state index in [1.54, 1.807) is 0 Å². The van der Waals surface area contributed by atoms with Crippen LogP contribution in [0.2, 0.25) is 0 Å². The van der Waals surface area contributed by atoms with Gasteiger partial charge in [-0.25, -0.2) is 0 Å². The zero-order valence-electron chi connectivity index (χ0n) is 17.3. The van der Waals surface area contributed by atoms with Crippen molar-refractivity contribution < 1.29 is 33.6 Å². The van der Waals surface area contributed by atoms with Crippen LogP contribution >= 0.6 is 0 Å². The Balaban J connectivity index is 1.84. The van der Waals surface area contributed by atoms with Gasteiger partial charge in [-0.1, -0.05) is 19.3 Å². The molecule has 1 heterocycles. The number of esters is 2. The molecule has 1 unspecified atom stereocenters. The minimum Gasteiger partial charge on any atom is -0.469 e. The quantitative estimate of drug-likeness (QED) is 0.421. The third kappa shape index (κ3) is 7.33. The van der Waals surface area contributed by atoms with Crippen LogP contribution in [0.25, 0.3) is 0 Å². The first kappa shape index (κ1) is 23.1. The Hall–Kier alpha value is -1.18. The van der Waals surface area contributed by atoms with Gasteiger partial charge >= 0.3 is 11.9 Å². The number of hydrogen-bond acceptors (Lipinski definition) is 7. The SMILES string of the molecule is COC(=O)CCCCCC[C@@H]1[C@H](CO)[C@H](OC2CCCCO2)C[C@@H]1OC(C)=O. The molecule has 162 valence electrons. The summed E-state index contributed by atoms with van der Waals surface area (Å²) in [7, 11) is 1.41. The molecule has 0 bridgehead atoms. The van der Waals surface area contributed by atoms with Crippen LogP contribution in [0.3, 0.4) is 0 Å². The summed E-state index contributed by atoms with van der Waals surface area (Å²) in [5.41, 5.74) is 0. The summed E-state index contributed by atoms with van der Waals surface area (Å²) in [6, 6.07) is 0. The Labute approximate surface area is 168 Å². The van der Waals surface area contributed by atoms with Crippen LogP contribution in [0.15, 0.2) is 0 Å². The van der Waals surface area contributed by atoms with Crippen LogP contribution in [-0.2, 0) is 28.5 Å². The smallest absolute Gasteiger partial charge is 0.305 e. The van der Waals surface area contributed by atoms with Crippen LogP contribution in [0, 0.1) is 11.8 Å². The standard InChI is InChI=1S/C21H36O7/c1-15(23)27-18-13-19(28-21-11-7-8-12-26-21)17(14-22)16(18)9-5-3-4-6-10-20(24)25-2/h16-19,21-22H,3-14H2,1-2H3/t16-,17+,18+,19-,21?/m1/s1. The van der Waals surface area contributed by atoms with Crippen molar-refractivity contribution in [1.82, 2.24) is 0 Å². The monoisotopic (exact) mass is 400 g/mol. The van der Waals surface area contributed by atoms with Gasteiger partial charge in [0.2, 0.25) is 0 Å². The molecule has 0 spiro atoms. The number of methoxy groups -OCH3 is 1. The van der Waals surface area contributed by atoms with Gasteiger partial charge in [-0.05, 0) is 32.1 Å². The molecule has 2 rings (SSSR count). The predicted molar refractivity (Wildman–Crippen MR) is 102 cm³/mol. The first-order chi connectivity index (χ1) is 13.5. The fourth-order valence-electron chi connectivity index (χ4n) is 4.41. The lowest BCUT2D eigenvalue weighted by molar-refractivity contribution is -0.198. The second kappa shape index (κ2) is 12.4. The van der Waals surface area contributed by atoms with Gasteiger partial charge in [-0.15, -0.1) is 0 Å². The van der Waals surface area contributed by atoms with Crippen LogP contribution in [0.4, 0.5) is 0 Å². The summed E-state index contributed by atoms with van der Waals surface area (Å²) >= 11 is 0. The van der Waals surface area contributed by atoms with Crippen molar-refractivity contribution in [2.75, 3.05) is 20.3 Å². The fraction of sp³-hybridized carbons (Fsp3) is 0.905. The number of ether oxygens (including phenoxy) is 4. The third-order valence-corrected chi connectivity index (χ3v) is 5.86. The number of aliphatic hydroxyl groups is 1. The highest BCUT2D eigenvalue weighted by atomic mass is 16.7. The molecule has 2 fully saturated rings. The van der Waals surface area contributed by atoms with Crippen molar-refractivity contribution in [3.05, 3.63) is 0 Å². The number of unbranched alkanes of at least 4 members (excludes halogenated alkanes) is 3. The lowest BCUT2D eigenvalue weighted by Crippen LogP contribution is -2.33. The zero-order valence-corrected chi connectivity index (χ0v) is 17.3. The highest BCUT2D eigenvalue weighted by Gasteiger charge is 2.45. The second-order valence-corrected chi connectivity index (χ2v) is 7.89. The van der Waals surface area contributed by atoms with Gasteiger partial charge in [-0.3, -0.25) is 9.59 Å². The molecule has 2 aliphatic rings. The van der Waals surface area contributed by atoms with Crippen molar-refractivity contribution in [1.29, 1.82) is 0 Å². The van der Waals surface area contributed by atoms with Gasteiger partial charge in [0.25, 0.3) is 0 Å². The summed E-state index contributed by atoms with van der Waals surface area (Å²) in [6.45, 7) is 2.15. The van der Waals surface area contributed by atoms with Gasteiger partial charge in [0.05, 0.1) is 13.2 Å². The Bertz CT molecular complexity index is 475. The van der Waals surface area contributed by atoms with E-state index >= 15 is 0 Å². The first-order valence-corrected chi connectivity index (χ1v) is 10.7. The van der Waals surface area contributed by atoms with E-state index in [0.29, 0.717) is 19.4 Å². The van der Waals surface area contributed by atoms with E-state index in [2.05, 4.69) is 4.74 Å². The fourth-order valence-corrected chi connectivity index (χ4v) is 4.41. The number of aliphatic hydroxyl groups excluding tert-OH is 1. The maximum absolute atomic E-state index is 11.6. The molecular weight excluding hydrogens is 364 g/mol. The summed E-state index contributed by atoms with van der Waals surface area (Å²) in [6.07, 6.45) is 8.09. The van der Waals surface area contributed by atoms with Crippen molar-refractivity contribution in [2.45, 2.75) is 89.6 Å². The summed E-state index contributed by atoms with van der Waals surface area (Å²) in [5.74, 6) is -0.427. The Morgan fingerprint density at radius 3 is 2.50 bits per heavy atom. The second-order valence-electron chi connectivity index (χ2n) is 7.89.